The Kier molecular flexibility index (Phi) is 5.08. The van der Waals surface area contributed by atoms with Gasteiger partial charge in [0.15, 0.2) is 0 Å². The maximum absolute atomic E-state index is 9.60. The fraction of sp³-hybridized carbons (Fsp3) is 0.684. The van der Waals surface area contributed by atoms with Crippen molar-refractivity contribution >= 4 is 12.6 Å². The molecule has 1 saturated heterocycles. The molecule has 24 heavy (non-hydrogen) atoms. The number of hydrogen-bond donors (Lipinski definition) is 2. The van der Waals surface area contributed by atoms with Crippen molar-refractivity contribution in [2.24, 2.45) is 0 Å². The van der Waals surface area contributed by atoms with Crippen molar-refractivity contribution in [3.63, 3.8) is 0 Å². The molecule has 0 spiro atoms. The highest BCUT2D eigenvalue weighted by Crippen LogP contribution is 2.36. The molecule has 0 amide bonds. The average molecular weight is 331 g/mol. The molecule has 4 nitrogen and oxygen atoms in total. The largest absolute Gasteiger partial charge is 0.494 e. The Labute approximate surface area is 146 Å². The van der Waals surface area contributed by atoms with Gasteiger partial charge >= 0.3 is 7.12 Å². The smallest absolute Gasteiger partial charge is 0.399 e. The summed E-state index contributed by atoms with van der Waals surface area (Å²) in [5, 5.41) is 13.2. The Morgan fingerprint density at radius 2 is 1.71 bits per heavy atom. The lowest BCUT2D eigenvalue weighted by molar-refractivity contribution is 0.00578. The highest BCUT2D eigenvalue weighted by Gasteiger charge is 2.51. The van der Waals surface area contributed by atoms with E-state index in [4.69, 9.17) is 9.31 Å². The Morgan fingerprint density at radius 3 is 2.33 bits per heavy atom. The molecule has 0 atom stereocenters. The summed E-state index contributed by atoms with van der Waals surface area (Å²) in [7, 11) is -0.306. The van der Waals surface area contributed by atoms with Crippen molar-refractivity contribution < 1.29 is 14.4 Å². The third-order valence-electron chi connectivity index (χ3n) is 5.77. The second-order valence-electron chi connectivity index (χ2n) is 8.22. The van der Waals surface area contributed by atoms with Crippen LogP contribution < -0.4 is 10.8 Å². The summed E-state index contributed by atoms with van der Waals surface area (Å²) in [4.78, 5) is 0. The van der Waals surface area contributed by atoms with Gasteiger partial charge < -0.3 is 19.7 Å². The molecule has 0 unspecified atom stereocenters. The summed E-state index contributed by atoms with van der Waals surface area (Å²) in [5.74, 6) is 0. The van der Waals surface area contributed by atoms with Crippen molar-refractivity contribution in [2.45, 2.75) is 83.3 Å². The van der Waals surface area contributed by atoms with Crippen LogP contribution in [0.3, 0.4) is 0 Å². The Hall–Kier alpha value is -0.875. The maximum Gasteiger partial charge on any atom is 0.494 e. The van der Waals surface area contributed by atoms with Gasteiger partial charge in [0.25, 0.3) is 0 Å². The molecule has 3 rings (SSSR count). The number of aliphatic hydroxyl groups excluding tert-OH is 1. The Bertz CT molecular complexity index is 551. The fourth-order valence-corrected chi connectivity index (χ4v) is 3.37. The maximum atomic E-state index is 9.60. The first-order valence-corrected chi connectivity index (χ1v) is 9.13. The molecule has 2 fully saturated rings. The molecule has 0 bridgehead atoms. The van der Waals surface area contributed by atoms with Gasteiger partial charge in [-0.05, 0) is 64.4 Å². The molecule has 0 radical (unpaired) electrons. The zero-order valence-electron chi connectivity index (χ0n) is 15.3. The summed E-state index contributed by atoms with van der Waals surface area (Å²) in [6, 6.07) is 8.96. The molecule has 1 aromatic rings. The van der Waals surface area contributed by atoms with Gasteiger partial charge in [0.1, 0.15) is 0 Å². The minimum Gasteiger partial charge on any atom is -0.399 e. The van der Waals surface area contributed by atoms with Crippen LogP contribution in [0.15, 0.2) is 24.3 Å². The number of rotatable bonds is 4. The van der Waals surface area contributed by atoms with Crippen LogP contribution in [0.1, 0.15) is 58.9 Å². The van der Waals surface area contributed by atoms with E-state index in [2.05, 4.69) is 57.3 Å². The molecular formula is C19H30BNO3. The average Bonchev–Trinajstić information content (AvgIpc) is 2.75. The number of hydrogen-bond acceptors (Lipinski definition) is 4. The third-order valence-corrected chi connectivity index (χ3v) is 5.77. The predicted octanol–water partition coefficient (Wildman–Crippen LogP) is 2.38. The van der Waals surface area contributed by atoms with Crippen LogP contribution >= 0.6 is 0 Å². The molecule has 1 heterocycles. The highest BCUT2D eigenvalue weighted by atomic mass is 16.7. The predicted molar refractivity (Wildman–Crippen MR) is 97.3 cm³/mol. The molecule has 2 N–H and O–H groups in total. The van der Waals surface area contributed by atoms with E-state index in [0.717, 1.165) is 37.7 Å². The Balaban J connectivity index is 1.61. The first kappa shape index (κ1) is 17.9. The van der Waals surface area contributed by atoms with Gasteiger partial charge in [0.05, 0.1) is 17.3 Å². The van der Waals surface area contributed by atoms with Crippen molar-refractivity contribution in [1.29, 1.82) is 0 Å². The molecule has 5 heteroatoms. The van der Waals surface area contributed by atoms with Gasteiger partial charge in [-0.2, -0.15) is 0 Å². The number of nitrogens with one attached hydrogen (secondary N) is 1. The van der Waals surface area contributed by atoms with Crippen molar-refractivity contribution in [3.05, 3.63) is 29.8 Å². The summed E-state index contributed by atoms with van der Waals surface area (Å²) < 4.78 is 12.3. The lowest BCUT2D eigenvalue weighted by Crippen LogP contribution is -2.41. The van der Waals surface area contributed by atoms with E-state index in [1.165, 1.54) is 5.56 Å². The van der Waals surface area contributed by atoms with Crippen molar-refractivity contribution in [2.75, 3.05) is 0 Å². The van der Waals surface area contributed by atoms with E-state index in [1.807, 2.05) is 0 Å². The lowest BCUT2D eigenvalue weighted by Gasteiger charge is -2.32. The summed E-state index contributed by atoms with van der Waals surface area (Å²) in [6.07, 6.45) is 3.82. The third kappa shape index (κ3) is 3.85. The van der Waals surface area contributed by atoms with E-state index in [1.54, 1.807) is 0 Å². The van der Waals surface area contributed by atoms with E-state index in [-0.39, 0.29) is 24.4 Å². The van der Waals surface area contributed by atoms with Crippen LogP contribution in [-0.2, 0) is 15.9 Å². The van der Waals surface area contributed by atoms with Gasteiger partial charge in [0, 0.05) is 12.6 Å². The molecule has 0 aromatic heterocycles. The minimum absolute atomic E-state index is 0.102. The summed E-state index contributed by atoms with van der Waals surface area (Å²) >= 11 is 0. The van der Waals surface area contributed by atoms with Crippen LogP contribution in [0, 0.1) is 0 Å². The zero-order valence-corrected chi connectivity index (χ0v) is 15.3. The van der Waals surface area contributed by atoms with E-state index < -0.39 is 0 Å². The molecule has 1 aliphatic heterocycles. The van der Waals surface area contributed by atoms with Gasteiger partial charge in [-0.3, -0.25) is 0 Å². The van der Waals surface area contributed by atoms with Crippen LogP contribution in [-0.4, -0.2) is 35.6 Å². The molecule has 1 saturated carbocycles. The van der Waals surface area contributed by atoms with E-state index in [9.17, 15) is 5.11 Å². The normalized spacial score (nSPS) is 29.0. The summed E-state index contributed by atoms with van der Waals surface area (Å²) in [5.41, 5.74) is 1.70. The van der Waals surface area contributed by atoms with Crippen LogP contribution in [0.2, 0.25) is 0 Å². The molecule has 1 aliphatic carbocycles. The quantitative estimate of drug-likeness (QED) is 0.832. The molecular weight excluding hydrogens is 301 g/mol. The Morgan fingerprint density at radius 1 is 1.08 bits per heavy atom. The lowest BCUT2D eigenvalue weighted by atomic mass is 9.78. The van der Waals surface area contributed by atoms with Crippen LogP contribution in [0.25, 0.3) is 0 Å². The zero-order chi connectivity index (χ0) is 17.4. The standard InChI is InChI=1S/C19H30BNO3/c1-18(2)19(3,4)24-20(23-18)15-7-5-6-14(12-15)13-21-16-8-10-17(22)11-9-16/h5-7,12,16-17,21-22H,8-11,13H2,1-4H3. The van der Waals surface area contributed by atoms with Crippen LogP contribution in [0.5, 0.6) is 0 Å². The molecule has 2 aliphatic rings. The van der Waals surface area contributed by atoms with Gasteiger partial charge in [0.2, 0.25) is 0 Å². The second-order valence-corrected chi connectivity index (χ2v) is 8.22. The van der Waals surface area contributed by atoms with E-state index >= 15 is 0 Å². The van der Waals surface area contributed by atoms with Gasteiger partial charge in [-0.15, -0.1) is 0 Å². The fourth-order valence-electron chi connectivity index (χ4n) is 3.37. The summed E-state index contributed by atoms with van der Waals surface area (Å²) in [6.45, 7) is 9.16. The number of aliphatic hydroxyl groups is 1. The van der Waals surface area contributed by atoms with Crippen molar-refractivity contribution in [3.8, 4) is 0 Å². The molecule has 1 aromatic carbocycles. The monoisotopic (exact) mass is 331 g/mol. The van der Waals surface area contributed by atoms with Gasteiger partial charge in [-0.25, -0.2) is 0 Å². The topological polar surface area (TPSA) is 50.7 Å². The second kappa shape index (κ2) is 6.79. The van der Waals surface area contributed by atoms with E-state index in [0.29, 0.717) is 6.04 Å². The first-order valence-electron chi connectivity index (χ1n) is 9.13. The van der Waals surface area contributed by atoms with Gasteiger partial charge in [-0.1, -0.05) is 24.3 Å². The molecule has 132 valence electrons. The van der Waals surface area contributed by atoms with Crippen LogP contribution in [0.4, 0.5) is 0 Å². The number of benzene rings is 1. The minimum atomic E-state index is -0.311. The SMILES string of the molecule is CC1(C)OB(c2cccc(CNC3CCC(O)CC3)c2)OC1(C)C. The first-order chi connectivity index (χ1) is 11.3. The van der Waals surface area contributed by atoms with Crippen molar-refractivity contribution in [1.82, 2.24) is 5.32 Å². The highest BCUT2D eigenvalue weighted by molar-refractivity contribution is 6.62.